The molecular formula is C58H50N4O. The minimum Gasteiger partial charge on any atom is -0.456 e. The molecule has 5 nitrogen and oxygen atoms in total. The van der Waals surface area contributed by atoms with Crippen LogP contribution in [-0.4, -0.2) is 0 Å². The fraction of sp³-hybridized carbons (Fsp3) is 0.207. The van der Waals surface area contributed by atoms with Crippen molar-refractivity contribution in [2.75, 3.05) is 10.2 Å². The van der Waals surface area contributed by atoms with Crippen LogP contribution in [0.3, 0.4) is 0 Å². The van der Waals surface area contributed by atoms with E-state index in [4.69, 9.17) is 9.68 Å². The van der Waals surface area contributed by atoms with Crippen LogP contribution in [0.1, 0.15) is 104 Å². The Hall–Kier alpha value is -7.34. The van der Waals surface area contributed by atoms with Gasteiger partial charge in [-0.25, -0.2) is 0 Å². The highest BCUT2D eigenvalue weighted by molar-refractivity contribution is 6.15. The molecule has 8 aromatic rings. The molecule has 0 radical (unpaired) electrons. The number of nitrogens with one attached hydrogen (secondary N) is 1. The molecule has 0 spiro atoms. The van der Waals surface area contributed by atoms with E-state index < -0.39 is 0 Å². The topological polar surface area (TPSA) is 76.0 Å². The summed E-state index contributed by atoms with van der Waals surface area (Å²) in [4.78, 5) is 2.38. The summed E-state index contributed by atoms with van der Waals surface area (Å²) in [6.45, 7) is 0. The summed E-state index contributed by atoms with van der Waals surface area (Å²) in [6, 6.07) is 49.1. The number of rotatable bonds is 10. The fourth-order valence-corrected chi connectivity index (χ4v) is 10.3. The highest BCUT2D eigenvalue weighted by Crippen LogP contribution is 2.48. The summed E-state index contributed by atoms with van der Waals surface area (Å²) in [5, 5.41) is 29.3. The van der Waals surface area contributed by atoms with E-state index in [9.17, 15) is 5.26 Å². The van der Waals surface area contributed by atoms with Crippen molar-refractivity contribution >= 4 is 72.3 Å². The van der Waals surface area contributed by atoms with Gasteiger partial charge in [-0.15, -0.1) is 0 Å². The second-order valence-corrected chi connectivity index (χ2v) is 17.2. The number of hydrogen-bond acceptors (Lipinski definition) is 5. The summed E-state index contributed by atoms with van der Waals surface area (Å²) in [7, 11) is 0. The molecule has 2 aliphatic rings. The quantitative estimate of drug-likeness (QED) is 0.139. The molecule has 0 aliphatic heterocycles. The van der Waals surface area contributed by atoms with Gasteiger partial charge in [-0.2, -0.15) is 10.5 Å². The smallest absolute Gasteiger partial charge is 0.136 e. The first kappa shape index (κ1) is 39.8. The van der Waals surface area contributed by atoms with Gasteiger partial charge in [-0.3, -0.25) is 0 Å². The van der Waals surface area contributed by atoms with Crippen LogP contribution in [0.2, 0.25) is 0 Å². The Kier molecular flexibility index (Phi) is 11.3. The lowest BCUT2D eigenvalue weighted by Crippen LogP contribution is -2.15. The van der Waals surface area contributed by atoms with Gasteiger partial charge in [0.15, 0.2) is 0 Å². The first-order valence-corrected chi connectivity index (χ1v) is 22.7. The van der Waals surface area contributed by atoms with Gasteiger partial charge in [0.1, 0.15) is 11.2 Å². The van der Waals surface area contributed by atoms with Crippen molar-refractivity contribution in [3.8, 4) is 12.1 Å². The van der Waals surface area contributed by atoms with Crippen LogP contribution in [0.4, 0.5) is 22.7 Å². The zero-order chi connectivity index (χ0) is 42.5. The number of furan rings is 1. The zero-order valence-electron chi connectivity index (χ0n) is 35.6. The summed E-state index contributed by atoms with van der Waals surface area (Å²) < 4.78 is 6.97. The van der Waals surface area contributed by atoms with Crippen molar-refractivity contribution in [3.05, 3.63) is 186 Å². The molecule has 5 heteroatoms. The van der Waals surface area contributed by atoms with E-state index in [1.54, 1.807) is 0 Å². The third-order valence-corrected chi connectivity index (χ3v) is 13.4. The molecule has 0 bridgehead atoms. The lowest BCUT2D eigenvalue weighted by molar-refractivity contribution is 0.445. The summed E-state index contributed by atoms with van der Waals surface area (Å²) in [5.74, 6) is 0.930. The number of anilines is 4. The van der Waals surface area contributed by atoms with Gasteiger partial charge in [0, 0.05) is 34.0 Å². The molecule has 2 aliphatic carbocycles. The summed E-state index contributed by atoms with van der Waals surface area (Å²) in [6.07, 6.45) is 24.7. The third kappa shape index (κ3) is 8.12. The summed E-state index contributed by atoms with van der Waals surface area (Å²) in [5.41, 5.74) is 11.5. The van der Waals surface area contributed by atoms with Crippen molar-refractivity contribution in [1.82, 2.24) is 0 Å². The first-order valence-electron chi connectivity index (χ1n) is 22.7. The van der Waals surface area contributed by atoms with E-state index in [1.165, 1.54) is 95.3 Å². The largest absolute Gasteiger partial charge is 0.456 e. The minimum absolute atomic E-state index is 0.424. The fourth-order valence-electron chi connectivity index (χ4n) is 10.3. The SMILES string of the molecule is N#Cc1ccc(N/C=C/C=C\C=C/c2ccc3cc4c(cc3c2C2CCCCC2)oc2cc3c(C5CCCCC5)c(N(c5ccccc5)c5ccc(C#N)cc5)ccc3cc24)cc1. The molecule has 2 fully saturated rings. The van der Waals surface area contributed by atoms with Crippen LogP contribution in [0.25, 0.3) is 49.6 Å². The number of hydrogen-bond donors (Lipinski definition) is 1. The number of nitriles is 2. The number of fused-ring (bicyclic) bond motifs is 5. The van der Waals surface area contributed by atoms with E-state index in [2.05, 4.69) is 132 Å². The maximum atomic E-state index is 9.62. The third-order valence-electron chi connectivity index (χ3n) is 13.4. The lowest BCUT2D eigenvalue weighted by atomic mass is 9.79. The molecule has 1 heterocycles. The molecule has 0 amide bonds. The maximum absolute atomic E-state index is 9.62. The Morgan fingerprint density at radius 3 is 1.71 bits per heavy atom. The number of benzene rings is 7. The average molecular weight is 819 g/mol. The van der Waals surface area contributed by atoms with E-state index in [-0.39, 0.29) is 0 Å². The second kappa shape index (κ2) is 17.9. The standard InChI is InChI=1S/C58H50N4O/c59-38-40-21-28-47(29-22-40)61-33-13-2-1-6-18-44-25-26-45-34-52-53-35-46-27-32-54(62(48-19-11-5-12-20-48)49-30-23-41(39-60)24-31-49)58(43-16-9-4-10-17-43)51(46)37-56(53)63-55(52)36-50(45)57(44)42-14-7-3-8-15-42/h1-2,5-6,11-13,18-37,42-43,61H,3-4,7-10,14-17H2/b2-1-,18-6-,33-13+. The van der Waals surface area contributed by atoms with E-state index in [1.807, 2.05) is 54.8 Å². The molecular weight excluding hydrogens is 769 g/mol. The van der Waals surface area contributed by atoms with Crippen molar-refractivity contribution in [3.63, 3.8) is 0 Å². The van der Waals surface area contributed by atoms with Crippen LogP contribution < -0.4 is 10.2 Å². The molecule has 308 valence electrons. The van der Waals surface area contributed by atoms with Gasteiger partial charge >= 0.3 is 0 Å². The molecule has 1 N–H and O–H groups in total. The van der Waals surface area contributed by atoms with Gasteiger partial charge in [0.05, 0.1) is 29.0 Å². The Bertz CT molecular complexity index is 3110. The Balaban J connectivity index is 1.06. The number of para-hydroxylation sites is 1. The normalized spacial score (nSPS) is 15.3. The van der Waals surface area contributed by atoms with Crippen LogP contribution in [0.15, 0.2) is 162 Å². The van der Waals surface area contributed by atoms with Crippen molar-refractivity contribution in [1.29, 1.82) is 10.5 Å². The molecule has 0 atom stereocenters. The molecule has 1 aromatic heterocycles. The van der Waals surface area contributed by atoms with E-state index in [0.29, 0.717) is 23.0 Å². The van der Waals surface area contributed by atoms with Gasteiger partial charge < -0.3 is 14.6 Å². The highest BCUT2D eigenvalue weighted by atomic mass is 16.3. The first-order chi connectivity index (χ1) is 31.1. The molecule has 0 unspecified atom stereocenters. The second-order valence-electron chi connectivity index (χ2n) is 17.2. The molecule has 0 saturated heterocycles. The monoisotopic (exact) mass is 818 g/mol. The summed E-state index contributed by atoms with van der Waals surface area (Å²) >= 11 is 0. The average Bonchev–Trinajstić information content (AvgIpc) is 3.69. The molecule has 10 rings (SSSR count). The maximum Gasteiger partial charge on any atom is 0.136 e. The number of allylic oxidation sites excluding steroid dienone is 4. The Morgan fingerprint density at radius 1 is 0.524 bits per heavy atom. The highest BCUT2D eigenvalue weighted by Gasteiger charge is 2.27. The van der Waals surface area contributed by atoms with Gasteiger partial charge in [0.25, 0.3) is 0 Å². The van der Waals surface area contributed by atoms with Crippen molar-refractivity contribution in [2.24, 2.45) is 0 Å². The van der Waals surface area contributed by atoms with Crippen LogP contribution in [0, 0.1) is 22.7 Å². The van der Waals surface area contributed by atoms with E-state index in [0.717, 1.165) is 51.8 Å². The molecule has 2 saturated carbocycles. The van der Waals surface area contributed by atoms with Gasteiger partial charge in [-0.1, -0.05) is 99.2 Å². The predicted octanol–water partition coefficient (Wildman–Crippen LogP) is 16.4. The Labute approximate surface area is 369 Å². The van der Waals surface area contributed by atoms with Crippen LogP contribution >= 0.6 is 0 Å². The molecule has 63 heavy (non-hydrogen) atoms. The van der Waals surface area contributed by atoms with Crippen molar-refractivity contribution in [2.45, 2.75) is 76.0 Å². The minimum atomic E-state index is 0.424. The van der Waals surface area contributed by atoms with Crippen molar-refractivity contribution < 1.29 is 4.42 Å². The van der Waals surface area contributed by atoms with E-state index >= 15 is 0 Å². The van der Waals surface area contributed by atoms with Crippen LogP contribution in [-0.2, 0) is 0 Å². The lowest BCUT2D eigenvalue weighted by Gasteiger charge is -2.32. The predicted molar refractivity (Wildman–Crippen MR) is 262 cm³/mol. The zero-order valence-corrected chi connectivity index (χ0v) is 35.6. The van der Waals surface area contributed by atoms with Crippen LogP contribution in [0.5, 0.6) is 0 Å². The Morgan fingerprint density at radius 2 is 1.08 bits per heavy atom. The van der Waals surface area contributed by atoms with Gasteiger partial charge in [-0.05, 0) is 173 Å². The van der Waals surface area contributed by atoms with Gasteiger partial charge in [0.2, 0.25) is 0 Å². The molecule has 7 aromatic carbocycles. The number of nitrogens with zero attached hydrogens (tertiary/aromatic N) is 3.